The van der Waals surface area contributed by atoms with Gasteiger partial charge >= 0.3 is 0 Å². The van der Waals surface area contributed by atoms with E-state index in [9.17, 15) is 5.11 Å². The Bertz CT molecular complexity index is 531. The lowest BCUT2D eigenvalue weighted by atomic mass is 9.97. The number of rotatable bonds is 6. The number of nitrogens with zero attached hydrogens (tertiary/aromatic N) is 2. The number of hydrogen-bond acceptors (Lipinski definition) is 3. The van der Waals surface area contributed by atoms with Crippen LogP contribution in [-0.4, -0.2) is 43.3 Å². The Morgan fingerprint density at radius 2 is 1.88 bits per heavy atom. The van der Waals surface area contributed by atoms with Crippen molar-refractivity contribution in [1.82, 2.24) is 10.6 Å². The van der Waals surface area contributed by atoms with Gasteiger partial charge in [0.1, 0.15) is 0 Å². The zero-order valence-corrected chi connectivity index (χ0v) is 14.7. The van der Waals surface area contributed by atoms with Crippen molar-refractivity contribution < 1.29 is 5.11 Å². The van der Waals surface area contributed by atoms with Gasteiger partial charge in [-0.2, -0.15) is 0 Å². The van der Waals surface area contributed by atoms with E-state index in [1.54, 1.807) is 0 Å². The summed E-state index contributed by atoms with van der Waals surface area (Å²) in [6.45, 7) is 6.10. The van der Waals surface area contributed by atoms with E-state index in [1.165, 1.54) is 24.1 Å². The first-order valence-electron chi connectivity index (χ1n) is 9.28. The molecule has 1 aromatic carbocycles. The van der Waals surface area contributed by atoms with Crippen molar-refractivity contribution in [3.8, 4) is 0 Å². The molecule has 3 N–H and O–H groups in total. The van der Waals surface area contributed by atoms with Crippen LogP contribution in [0.3, 0.4) is 0 Å². The zero-order valence-electron chi connectivity index (χ0n) is 14.7. The molecule has 5 nitrogen and oxygen atoms in total. The van der Waals surface area contributed by atoms with Gasteiger partial charge in [-0.3, -0.25) is 0 Å². The molecule has 2 aliphatic rings. The first-order chi connectivity index (χ1) is 11.8. The van der Waals surface area contributed by atoms with Gasteiger partial charge in [-0.1, -0.05) is 12.1 Å². The molecule has 5 heteroatoms. The Hall–Kier alpha value is -1.75. The number of piperidine rings is 1. The minimum atomic E-state index is 0.327. The van der Waals surface area contributed by atoms with Crippen molar-refractivity contribution in [3.05, 3.63) is 29.8 Å². The third-order valence-electron chi connectivity index (χ3n) is 4.86. The van der Waals surface area contributed by atoms with Crippen LogP contribution in [0.2, 0.25) is 0 Å². The molecule has 1 saturated heterocycles. The van der Waals surface area contributed by atoms with Crippen molar-refractivity contribution in [1.29, 1.82) is 0 Å². The molecular formula is C19H30N4O. The topological polar surface area (TPSA) is 59.9 Å². The number of aliphatic hydroxyl groups excluding tert-OH is 1. The summed E-state index contributed by atoms with van der Waals surface area (Å²) in [5.74, 6) is 1.41. The fourth-order valence-corrected chi connectivity index (χ4v) is 3.10. The SMILES string of the molecule is CCNC(=NCc1ccc(N2CCC(CO)CC2)cc1)NC1CC1. The number of hydrogen-bond donors (Lipinski definition) is 3. The molecule has 1 aliphatic carbocycles. The second kappa shape index (κ2) is 8.38. The van der Waals surface area contributed by atoms with E-state index >= 15 is 0 Å². The van der Waals surface area contributed by atoms with Crippen molar-refractivity contribution in [2.45, 2.75) is 45.2 Å². The third-order valence-corrected chi connectivity index (χ3v) is 4.86. The average Bonchev–Trinajstić information content (AvgIpc) is 3.44. The van der Waals surface area contributed by atoms with Gasteiger partial charge in [-0.25, -0.2) is 4.99 Å². The van der Waals surface area contributed by atoms with E-state index in [4.69, 9.17) is 0 Å². The van der Waals surface area contributed by atoms with E-state index in [0.29, 0.717) is 25.1 Å². The van der Waals surface area contributed by atoms with Gasteiger partial charge in [0, 0.05) is 38.0 Å². The lowest BCUT2D eigenvalue weighted by molar-refractivity contribution is 0.203. The molecule has 1 saturated carbocycles. The van der Waals surface area contributed by atoms with Crippen molar-refractivity contribution in [3.63, 3.8) is 0 Å². The fourth-order valence-electron chi connectivity index (χ4n) is 3.10. The number of nitrogens with one attached hydrogen (secondary N) is 2. The van der Waals surface area contributed by atoms with E-state index in [-0.39, 0.29) is 0 Å². The van der Waals surface area contributed by atoms with E-state index in [0.717, 1.165) is 38.4 Å². The molecule has 0 amide bonds. The Labute approximate surface area is 145 Å². The maximum atomic E-state index is 9.24. The summed E-state index contributed by atoms with van der Waals surface area (Å²) in [4.78, 5) is 7.09. The quantitative estimate of drug-likeness (QED) is 0.552. The Kier molecular flexibility index (Phi) is 5.96. The molecule has 0 spiro atoms. The van der Waals surface area contributed by atoms with Gasteiger partial charge in [-0.05, 0) is 56.2 Å². The number of aliphatic imine (C=N–C) groups is 1. The van der Waals surface area contributed by atoms with E-state index in [1.807, 2.05) is 0 Å². The molecule has 132 valence electrons. The van der Waals surface area contributed by atoms with Crippen LogP contribution in [-0.2, 0) is 6.54 Å². The fraction of sp³-hybridized carbons (Fsp3) is 0.632. The zero-order chi connectivity index (χ0) is 16.8. The van der Waals surface area contributed by atoms with Gasteiger partial charge in [0.05, 0.1) is 6.54 Å². The third kappa shape index (κ3) is 4.87. The van der Waals surface area contributed by atoms with Gasteiger partial charge in [0.2, 0.25) is 0 Å². The summed E-state index contributed by atoms with van der Waals surface area (Å²) in [5, 5.41) is 16.0. The maximum absolute atomic E-state index is 9.24. The lowest BCUT2D eigenvalue weighted by Gasteiger charge is -2.32. The number of anilines is 1. The first-order valence-corrected chi connectivity index (χ1v) is 9.28. The first kappa shape index (κ1) is 17.1. The second-order valence-electron chi connectivity index (χ2n) is 6.89. The minimum absolute atomic E-state index is 0.327. The van der Waals surface area contributed by atoms with Gasteiger partial charge in [0.15, 0.2) is 5.96 Å². The largest absolute Gasteiger partial charge is 0.396 e. The molecule has 0 bridgehead atoms. The van der Waals surface area contributed by atoms with Crippen LogP contribution in [0.15, 0.2) is 29.3 Å². The van der Waals surface area contributed by atoms with Crippen molar-refractivity contribution in [2.24, 2.45) is 10.9 Å². The molecule has 1 aromatic rings. The summed E-state index contributed by atoms with van der Waals surface area (Å²) < 4.78 is 0. The molecule has 0 unspecified atom stereocenters. The predicted octanol–water partition coefficient (Wildman–Crippen LogP) is 2.11. The van der Waals surface area contributed by atoms with Crippen LogP contribution in [0.25, 0.3) is 0 Å². The Balaban J connectivity index is 1.53. The number of aliphatic hydroxyl groups is 1. The number of benzene rings is 1. The highest BCUT2D eigenvalue weighted by atomic mass is 16.3. The van der Waals surface area contributed by atoms with E-state index < -0.39 is 0 Å². The van der Waals surface area contributed by atoms with Crippen molar-refractivity contribution in [2.75, 3.05) is 31.1 Å². The monoisotopic (exact) mass is 330 g/mol. The molecule has 0 radical (unpaired) electrons. The molecule has 3 rings (SSSR count). The summed E-state index contributed by atoms with van der Waals surface area (Å²) >= 11 is 0. The number of guanidine groups is 1. The van der Waals surface area contributed by atoms with Gasteiger partial charge < -0.3 is 20.6 Å². The highest BCUT2D eigenvalue weighted by molar-refractivity contribution is 5.80. The molecule has 1 aliphatic heterocycles. The summed E-state index contributed by atoms with van der Waals surface area (Å²) in [5.41, 5.74) is 2.51. The lowest BCUT2D eigenvalue weighted by Crippen LogP contribution is -2.38. The highest BCUT2D eigenvalue weighted by Gasteiger charge is 2.22. The second-order valence-corrected chi connectivity index (χ2v) is 6.89. The van der Waals surface area contributed by atoms with Crippen molar-refractivity contribution >= 4 is 11.6 Å². The molecule has 0 atom stereocenters. The van der Waals surface area contributed by atoms with Gasteiger partial charge in [-0.15, -0.1) is 0 Å². The smallest absolute Gasteiger partial charge is 0.191 e. The van der Waals surface area contributed by atoms with Crippen LogP contribution in [0.5, 0.6) is 0 Å². The Morgan fingerprint density at radius 3 is 2.46 bits per heavy atom. The molecule has 1 heterocycles. The normalized spacial score (nSPS) is 19.4. The maximum Gasteiger partial charge on any atom is 0.191 e. The van der Waals surface area contributed by atoms with Crippen LogP contribution in [0.4, 0.5) is 5.69 Å². The summed E-state index contributed by atoms with van der Waals surface area (Å²) in [6, 6.07) is 9.37. The summed E-state index contributed by atoms with van der Waals surface area (Å²) in [6.07, 6.45) is 4.68. The van der Waals surface area contributed by atoms with Crippen LogP contribution in [0.1, 0.15) is 38.2 Å². The predicted molar refractivity (Wildman–Crippen MR) is 99.4 cm³/mol. The summed E-state index contributed by atoms with van der Waals surface area (Å²) in [7, 11) is 0. The van der Waals surface area contributed by atoms with Crippen LogP contribution < -0.4 is 15.5 Å². The molecular weight excluding hydrogens is 300 g/mol. The average molecular weight is 330 g/mol. The van der Waals surface area contributed by atoms with Crippen LogP contribution >= 0.6 is 0 Å². The minimum Gasteiger partial charge on any atom is -0.396 e. The van der Waals surface area contributed by atoms with Crippen LogP contribution in [0, 0.1) is 5.92 Å². The molecule has 2 fully saturated rings. The Morgan fingerprint density at radius 1 is 1.17 bits per heavy atom. The molecule has 0 aromatic heterocycles. The highest BCUT2D eigenvalue weighted by Crippen LogP contribution is 2.23. The molecule has 24 heavy (non-hydrogen) atoms. The van der Waals surface area contributed by atoms with Gasteiger partial charge in [0.25, 0.3) is 0 Å². The van der Waals surface area contributed by atoms with E-state index in [2.05, 4.69) is 51.7 Å². The standard InChI is InChI=1S/C19H30N4O/c1-2-20-19(22-17-5-6-17)21-13-15-3-7-18(8-4-15)23-11-9-16(14-24)10-12-23/h3-4,7-8,16-17,24H,2,5-6,9-14H2,1H3,(H2,20,21,22).